The Labute approximate surface area is 195 Å². The molecule has 2 aliphatic heterocycles. The Morgan fingerprint density at radius 2 is 1.82 bits per heavy atom. The van der Waals surface area contributed by atoms with Crippen LogP contribution >= 0.6 is 0 Å². The number of nitrogens with one attached hydrogen (secondary N) is 2. The Hall–Kier alpha value is -3.24. The predicted octanol–water partition coefficient (Wildman–Crippen LogP) is 3.77. The summed E-state index contributed by atoms with van der Waals surface area (Å²) in [4.78, 5) is 6.40. The number of fused-ring (bicyclic) bond motifs is 2. The highest BCUT2D eigenvalue weighted by Crippen LogP contribution is 2.36. The molecular weight excluding hydrogens is 440 g/mol. The summed E-state index contributed by atoms with van der Waals surface area (Å²) in [6.45, 7) is 8.72. The Morgan fingerprint density at radius 1 is 1.06 bits per heavy atom. The Balaban J connectivity index is 1.44. The van der Waals surface area contributed by atoms with Crippen LogP contribution in [0.25, 0.3) is 16.6 Å². The van der Waals surface area contributed by atoms with Gasteiger partial charge in [-0.2, -0.15) is 5.10 Å². The number of imidazole rings is 1. The monoisotopic (exact) mass is 467 g/mol. The minimum atomic E-state index is -0.459. The number of ether oxygens (including phenoxy) is 1. The number of nitrogens with zero attached hydrogens (tertiary/aromatic N) is 5. The van der Waals surface area contributed by atoms with Crippen molar-refractivity contribution in [2.45, 2.75) is 38.9 Å². The number of anilines is 3. The third kappa shape index (κ3) is 3.57. The van der Waals surface area contributed by atoms with E-state index in [1.165, 1.54) is 6.07 Å². The summed E-state index contributed by atoms with van der Waals surface area (Å²) in [6.07, 6.45) is 3.47. The molecule has 34 heavy (non-hydrogen) atoms. The Bertz CT molecular complexity index is 1380. The number of rotatable bonds is 4. The van der Waals surface area contributed by atoms with E-state index in [4.69, 9.17) is 9.84 Å². The standard InChI is InChI=1S/C24H27F2N7O/c1-13-7-31(8-14(2)27-13)17-5-19(25)22-21(6-17)33(18-11-34-12-18)30-23(22)29-16-4-20(26)24-28-15(3)9-32(24)10-16/h4-6,9-10,13-14,18,27H,7-8,11-12H2,1-3H3,(H,29,30)/t13-,14+. The van der Waals surface area contributed by atoms with Crippen LogP contribution in [0.1, 0.15) is 25.6 Å². The molecule has 2 atom stereocenters. The lowest BCUT2D eigenvalue weighted by molar-refractivity contribution is -0.0265. The van der Waals surface area contributed by atoms with E-state index in [1.807, 2.05) is 17.7 Å². The number of halogens is 2. The van der Waals surface area contributed by atoms with Gasteiger partial charge in [-0.25, -0.2) is 13.8 Å². The number of hydrogen-bond acceptors (Lipinski definition) is 6. The molecule has 2 saturated heterocycles. The molecule has 0 saturated carbocycles. The molecule has 1 aromatic carbocycles. The fraction of sp³-hybridized carbons (Fsp3) is 0.417. The van der Waals surface area contributed by atoms with E-state index in [9.17, 15) is 4.39 Å². The lowest BCUT2D eigenvalue weighted by atomic mass is 10.1. The molecule has 0 radical (unpaired) electrons. The molecule has 5 heterocycles. The molecule has 2 N–H and O–H groups in total. The van der Waals surface area contributed by atoms with Crippen molar-refractivity contribution in [2.75, 3.05) is 36.5 Å². The average molecular weight is 468 g/mol. The van der Waals surface area contributed by atoms with Crippen molar-refractivity contribution in [3.8, 4) is 0 Å². The molecule has 0 amide bonds. The van der Waals surface area contributed by atoms with E-state index < -0.39 is 5.82 Å². The van der Waals surface area contributed by atoms with Crippen molar-refractivity contribution in [2.24, 2.45) is 0 Å². The molecule has 2 fully saturated rings. The first kappa shape index (κ1) is 21.3. The third-order valence-corrected chi connectivity index (χ3v) is 6.52. The first-order valence-corrected chi connectivity index (χ1v) is 11.6. The first-order chi connectivity index (χ1) is 16.4. The minimum absolute atomic E-state index is 0.0316. The number of aryl methyl sites for hydroxylation is 1. The van der Waals surface area contributed by atoms with Crippen LogP contribution in [0, 0.1) is 18.6 Å². The van der Waals surface area contributed by atoms with Crippen molar-refractivity contribution in [3.05, 3.63) is 47.9 Å². The van der Waals surface area contributed by atoms with Crippen LogP contribution in [0.3, 0.4) is 0 Å². The fourth-order valence-electron chi connectivity index (χ4n) is 5.04. The highest BCUT2D eigenvalue weighted by molar-refractivity contribution is 5.94. The Kier molecular flexibility index (Phi) is 4.96. The van der Waals surface area contributed by atoms with E-state index in [2.05, 4.69) is 34.4 Å². The van der Waals surface area contributed by atoms with Crippen LogP contribution in [0.2, 0.25) is 0 Å². The number of pyridine rings is 1. The number of hydrogen-bond donors (Lipinski definition) is 2. The van der Waals surface area contributed by atoms with Gasteiger partial charge in [-0.3, -0.25) is 4.68 Å². The van der Waals surface area contributed by atoms with E-state index in [0.717, 1.165) is 18.8 Å². The summed E-state index contributed by atoms with van der Waals surface area (Å²) in [5.74, 6) is -0.470. The smallest absolute Gasteiger partial charge is 0.173 e. The van der Waals surface area contributed by atoms with E-state index >= 15 is 4.39 Å². The second kappa shape index (κ2) is 7.92. The molecule has 2 aliphatic rings. The van der Waals surface area contributed by atoms with Crippen LogP contribution in [0.15, 0.2) is 30.6 Å². The molecule has 8 nitrogen and oxygen atoms in total. The topological polar surface area (TPSA) is 71.7 Å². The SMILES string of the molecule is Cc1cn2cc(Nc3nn(C4COC4)c4cc(N5C[C@@H](C)N[C@@H](C)C5)cc(F)c34)cc(F)c2n1. The molecule has 6 rings (SSSR count). The zero-order chi connectivity index (χ0) is 23.6. The highest BCUT2D eigenvalue weighted by atomic mass is 19.1. The molecule has 3 aromatic heterocycles. The van der Waals surface area contributed by atoms with Crippen LogP contribution < -0.4 is 15.5 Å². The summed E-state index contributed by atoms with van der Waals surface area (Å²) < 4.78 is 39.1. The predicted molar refractivity (Wildman–Crippen MR) is 127 cm³/mol. The maximum Gasteiger partial charge on any atom is 0.173 e. The van der Waals surface area contributed by atoms with E-state index in [1.54, 1.807) is 22.9 Å². The molecule has 178 valence electrons. The van der Waals surface area contributed by atoms with Gasteiger partial charge in [0.1, 0.15) is 5.82 Å². The average Bonchev–Trinajstić information content (AvgIpc) is 3.27. The normalized spacial score (nSPS) is 21.4. The van der Waals surface area contributed by atoms with Gasteiger partial charge in [-0.05, 0) is 32.9 Å². The maximum atomic E-state index is 15.6. The van der Waals surface area contributed by atoms with Gasteiger partial charge in [0.2, 0.25) is 0 Å². The lowest BCUT2D eigenvalue weighted by Gasteiger charge is -2.37. The van der Waals surface area contributed by atoms with Crippen LogP contribution in [-0.4, -0.2) is 57.6 Å². The summed E-state index contributed by atoms with van der Waals surface area (Å²) >= 11 is 0. The molecule has 10 heteroatoms. The first-order valence-electron chi connectivity index (χ1n) is 11.6. The van der Waals surface area contributed by atoms with Crippen molar-refractivity contribution < 1.29 is 13.5 Å². The summed E-state index contributed by atoms with van der Waals surface area (Å²) in [5.41, 5.74) is 2.96. The third-order valence-electron chi connectivity index (χ3n) is 6.52. The van der Waals surface area contributed by atoms with Crippen molar-refractivity contribution in [1.82, 2.24) is 24.5 Å². The van der Waals surface area contributed by atoms with Crippen LogP contribution in [0.4, 0.5) is 26.0 Å². The quantitative estimate of drug-likeness (QED) is 0.476. The number of piperazine rings is 1. The zero-order valence-electron chi connectivity index (χ0n) is 19.3. The minimum Gasteiger partial charge on any atom is -0.377 e. The highest BCUT2D eigenvalue weighted by Gasteiger charge is 2.28. The second-order valence-electron chi connectivity index (χ2n) is 9.49. The van der Waals surface area contributed by atoms with Gasteiger partial charge >= 0.3 is 0 Å². The molecule has 4 aromatic rings. The molecular formula is C24H27F2N7O. The second-order valence-corrected chi connectivity index (χ2v) is 9.49. The van der Waals surface area contributed by atoms with Crippen LogP contribution in [0.5, 0.6) is 0 Å². The maximum absolute atomic E-state index is 15.6. The summed E-state index contributed by atoms with van der Waals surface area (Å²) in [7, 11) is 0. The van der Waals surface area contributed by atoms with Gasteiger partial charge in [0.15, 0.2) is 17.3 Å². The number of aromatic nitrogens is 4. The van der Waals surface area contributed by atoms with Crippen molar-refractivity contribution in [1.29, 1.82) is 0 Å². The van der Waals surface area contributed by atoms with Gasteiger partial charge in [0, 0.05) is 49.3 Å². The molecule has 0 aliphatic carbocycles. The zero-order valence-corrected chi connectivity index (χ0v) is 19.3. The van der Waals surface area contributed by atoms with Crippen molar-refractivity contribution in [3.63, 3.8) is 0 Å². The van der Waals surface area contributed by atoms with E-state index in [-0.39, 0.29) is 17.5 Å². The van der Waals surface area contributed by atoms with Gasteiger partial charge < -0.3 is 24.7 Å². The van der Waals surface area contributed by atoms with Gasteiger partial charge in [0.05, 0.1) is 41.5 Å². The van der Waals surface area contributed by atoms with Crippen molar-refractivity contribution >= 4 is 33.7 Å². The van der Waals surface area contributed by atoms with Crippen LogP contribution in [-0.2, 0) is 4.74 Å². The summed E-state index contributed by atoms with van der Waals surface area (Å²) in [6, 6.07) is 5.58. The van der Waals surface area contributed by atoms with Gasteiger partial charge in [-0.1, -0.05) is 0 Å². The Morgan fingerprint density at radius 3 is 2.53 bits per heavy atom. The van der Waals surface area contributed by atoms with E-state index in [0.29, 0.717) is 53.4 Å². The summed E-state index contributed by atoms with van der Waals surface area (Å²) in [5, 5.41) is 11.7. The molecule has 0 spiro atoms. The molecule has 0 unspecified atom stereocenters. The largest absolute Gasteiger partial charge is 0.377 e. The van der Waals surface area contributed by atoms with Gasteiger partial charge in [0.25, 0.3) is 0 Å². The van der Waals surface area contributed by atoms with Gasteiger partial charge in [-0.15, -0.1) is 0 Å². The molecule has 0 bridgehead atoms. The lowest BCUT2D eigenvalue weighted by Crippen LogP contribution is -2.54. The number of benzene rings is 1. The fourth-order valence-corrected chi connectivity index (χ4v) is 5.04.